The predicted molar refractivity (Wildman–Crippen MR) is 101 cm³/mol. The van der Waals surface area contributed by atoms with E-state index in [2.05, 4.69) is 25.9 Å². The first kappa shape index (κ1) is 17.8. The number of aryl methyl sites for hydroxylation is 1. The summed E-state index contributed by atoms with van der Waals surface area (Å²) in [6.07, 6.45) is 3.73. The van der Waals surface area contributed by atoms with Crippen molar-refractivity contribution in [2.45, 2.75) is 25.8 Å². The molecular weight excluding hydrogens is 360 g/mol. The van der Waals surface area contributed by atoms with E-state index >= 15 is 0 Å². The molecule has 0 spiro atoms. The smallest absolute Gasteiger partial charge is 0.279 e. The highest BCUT2D eigenvalue weighted by Gasteiger charge is 2.19. The van der Waals surface area contributed by atoms with E-state index in [1.165, 1.54) is 11.3 Å². The van der Waals surface area contributed by atoms with Gasteiger partial charge in [-0.15, -0.1) is 17.5 Å². The lowest BCUT2D eigenvalue weighted by molar-refractivity contribution is 0.102. The molecule has 0 unspecified atom stereocenters. The first-order valence-electron chi connectivity index (χ1n) is 8.01. The third kappa shape index (κ3) is 3.65. The molecule has 7 nitrogen and oxygen atoms in total. The lowest BCUT2D eigenvalue weighted by atomic mass is 10.1. The summed E-state index contributed by atoms with van der Waals surface area (Å²) >= 11 is 1.46. The topological polar surface area (TPSA) is 84.7 Å². The van der Waals surface area contributed by atoms with Gasteiger partial charge in [-0.05, 0) is 44.5 Å². The Labute approximate surface area is 155 Å². The maximum absolute atomic E-state index is 12.4. The van der Waals surface area contributed by atoms with Gasteiger partial charge in [-0.2, -0.15) is 0 Å². The third-order valence-electron chi connectivity index (χ3n) is 4.27. The van der Waals surface area contributed by atoms with Crippen LogP contribution in [0.3, 0.4) is 0 Å². The van der Waals surface area contributed by atoms with Gasteiger partial charge in [-0.25, -0.2) is 9.67 Å². The van der Waals surface area contributed by atoms with Crippen LogP contribution in [0.2, 0.25) is 0 Å². The summed E-state index contributed by atoms with van der Waals surface area (Å²) in [5.74, 6) is -0.271. The number of thiazole rings is 1. The van der Waals surface area contributed by atoms with Gasteiger partial charge in [0.05, 0.1) is 22.5 Å². The fraction of sp³-hybridized carbons (Fsp3) is 0.375. The molecule has 0 saturated carbocycles. The number of halogens is 1. The molecule has 1 aromatic carbocycles. The zero-order chi connectivity index (χ0) is 16.5. The molecule has 3 aromatic rings. The molecule has 1 fully saturated rings. The molecule has 9 heteroatoms. The Bertz CT molecular complexity index is 886. The van der Waals surface area contributed by atoms with E-state index in [1.807, 2.05) is 25.1 Å². The second-order valence-corrected chi connectivity index (χ2v) is 6.99. The van der Waals surface area contributed by atoms with Crippen LogP contribution in [0.5, 0.6) is 0 Å². The zero-order valence-electron chi connectivity index (χ0n) is 13.7. The summed E-state index contributed by atoms with van der Waals surface area (Å²) < 4.78 is 2.86. The summed E-state index contributed by atoms with van der Waals surface area (Å²) in [5.41, 5.74) is 2.35. The number of piperidine rings is 1. The van der Waals surface area contributed by atoms with Crippen molar-refractivity contribution in [2.75, 3.05) is 18.4 Å². The van der Waals surface area contributed by atoms with Crippen molar-refractivity contribution in [1.29, 1.82) is 0 Å². The summed E-state index contributed by atoms with van der Waals surface area (Å²) in [6, 6.07) is 6.32. The van der Waals surface area contributed by atoms with Crippen LogP contribution in [-0.2, 0) is 0 Å². The molecule has 2 aromatic heterocycles. The number of carbonyl (C=O) groups excluding carboxylic acids is 1. The quantitative estimate of drug-likeness (QED) is 0.732. The van der Waals surface area contributed by atoms with E-state index in [9.17, 15) is 4.79 Å². The van der Waals surface area contributed by atoms with Crippen molar-refractivity contribution < 1.29 is 4.79 Å². The Morgan fingerprint density at radius 3 is 2.92 bits per heavy atom. The van der Waals surface area contributed by atoms with Crippen molar-refractivity contribution in [3.63, 3.8) is 0 Å². The van der Waals surface area contributed by atoms with Crippen LogP contribution in [-0.4, -0.2) is 39.0 Å². The maximum atomic E-state index is 12.4. The molecule has 132 valence electrons. The zero-order valence-corrected chi connectivity index (χ0v) is 15.4. The minimum Gasteiger partial charge on any atom is -0.317 e. The van der Waals surface area contributed by atoms with E-state index in [0.717, 1.165) is 41.7 Å². The number of rotatable bonds is 3. The number of hydrogen-bond acceptors (Lipinski definition) is 6. The van der Waals surface area contributed by atoms with Crippen molar-refractivity contribution in [1.82, 2.24) is 25.3 Å². The highest BCUT2D eigenvalue weighted by atomic mass is 35.5. The van der Waals surface area contributed by atoms with Crippen molar-refractivity contribution in [3.05, 3.63) is 35.7 Å². The molecule has 0 radical (unpaired) electrons. The first-order valence-corrected chi connectivity index (χ1v) is 8.82. The number of amides is 1. The van der Waals surface area contributed by atoms with Gasteiger partial charge in [0.15, 0.2) is 10.8 Å². The maximum Gasteiger partial charge on any atom is 0.279 e. The lowest BCUT2D eigenvalue weighted by Crippen LogP contribution is -2.29. The Morgan fingerprint density at radius 2 is 2.16 bits per heavy atom. The summed E-state index contributed by atoms with van der Waals surface area (Å²) in [4.78, 5) is 16.9. The van der Waals surface area contributed by atoms with E-state index < -0.39 is 0 Å². The minimum atomic E-state index is -0.271. The van der Waals surface area contributed by atoms with Gasteiger partial charge in [0.25, 0.3) is 5.91 Å². The standard InChI is InChI=1S/C16H18N6OS.ClH/c1-10-3-2-4-13-14(10)18-16(24-13)19-15(23)12-9-22(21-20-12)11-5-7-17-8-6-11;/h2-4,9,11,17H,5-8H2,1H3,(H,18,19,23);1H. The highest BCUT2D eigenvalue weighted by molar-refractivity contribution is 7.22. The molecule has 0 aliphatic carbocycles. The van der Waals surface area contributed by atoms with Gasteiger partial charge < -0.3 is 5.32 Å². The Balaban J connectivity index is 0.00000182. The molecule has 1 amide bonds. The predicted octanol–water partition coefficient (Wildman–Crippen LogP) is 2.79. The monoisotopic (exact) mass is 378 g/mol. The second kappa shape index (κ2) is 7.47. The number of para-hydroxylation sites is 1. The highest BCUT2D eigenvalue weighted by Crippen LogP contribution is 2.28. The molecule has 1 saturated heterocycles. The molecule has 25 heavy (non-hydrogen) atoms. The molecular formula is C16H19ClN6OS. The van der Waals surface area contributed by atoms with E-state index in [-0.39, 0.29) is 18.3 Å². The van der Waals surface area contributed by atoms with Gasteiger partial charge in [0, 0.05) is 0 Å². The Morgan fingerprint density at radius 1 is 1.36 bits per heavy atom. The van der Waals surface area contributed by atoms with Gasteiger partial charge in [0.2, 0.25) is 0 Å². The van der Waals surface area contributed by atoms with Crippen LogP contribution in [0.25, 0.3) is 10.2 Å². The van der Waals surface area contributed by atoms with Gasteiger partial charge in [-0.1, -0.05) is 28.7 Å². The van der Waals surface area contributed by atoms with Crippen LogP contribution >= 0.6 is 23.7 Å². The number of aromatic nitrogens is 4. The molecule has 3 heterocycles. The van der Waals surface area contributed by atoms with E-state index in [1.54, 1.807) is 10.9 Å². The fourth-order valence-corrected chi connectivity index (χ4v) is 3.87. The number of nitrogens with zero attached hydrogens (tertiary/aromatic N) is 4. The van der Waals surface area contributed by atoms with E-state index in [4.69, 9.17) is 0 Å². The minimum absolute atomic E-state index is 0. The van der Waals surface area contributed by atoms with Crippen LogP contribution in [0.4, 0.5) is 5.13 Å². The number of nitrogens with one attached hydrogen (secondary N) is 2. The van der Waals surface area contributed by atoms with Crippen molar-refractivity contribution >= 4 is 45.0 Å². The normalized spacial score (nSPS) is 15.1. The summed E-state index contributed by atoms with van der Waals surface area (Å²) in [5, 5.41) is 14.9. The van der Waals surface area contributed by atoms with Crippen LogP contribution in [0.15, 0.2) is 24.4 Å². The lowest BCUT2D eigenvalue weighted by Gasteiger charge is -2.21. The largest absolute Gasteiger partial charge is 0.317 e. The SMILES string of the molecule is Cc1cccc2sc(NC(=O)c3cn(C4CCNCC4)nn3)nc12.Cl. The summed E-state index contributed by atoms with van der Waals surface area (Å²) in [6.45, 7) is 3.95. The van der Waals surface area contributed by atoms with Crippen LogP contribution in [0.1, 0.15) is 34.9 Å². The first-order chi connectivity index (χ1) is 11.7. The van der Waals surface area contributed by atoms with Crippen molar-refractivity contribution in [2.24, 2.45) is 0 Å². The Hall–Kier alpha value is -2.03. The molecule has 1 aliphatic heterocycles. The van der Waals surface area contributed by atoms with Gasteiger partial charge in [-0.3, -0.25) is 10.1 Å². The van der Waals surface area contributed by atoms with Gasteiger partial charge >= 0.3 is 0 Å². The average molecular weight is 379 g/mol. The number of fused-ring (bicyclic) bond motifs is 1. The van der Waals surface area contributed by atoms with Crippen LogP contribution < -0.4 is 10.6 Å². The molecule has 1 aliphatic rings. The molecule has 2 N–H and O–H groups in total. The van der Waals surface area contributed by atoms with Crippen LogP contribution in [0, 0.1) is 6.92 Å². The number of hydrogen-bond donors (Lipinski definition) is 2. The van der Waals surface area contributed by atoms with Gasteiger partial charge in [0.1, 0.15) is 0 Å². The van der Waals surface area contributed by atoms with Crippen molar-refractivity contribution in [3.8, 4) is 0 Å². The average Bonchev–Trinajstić information content (AvgIpc) is 3.23. The number of benzene rings is 1. The molecule has 0 atom stereocenters. The summed E-state index contributed by atoms with van der Waals surface area (Å²) in [7, 11) is 0. The Kier molecular flexibility index (Phi) is 5.31. The van der Waals surface area contributed by atoms with E-state index in [0.29, 0.717) is 16.9 Å². The number of anilines is 1. The second-order valence-electron chi connectivity index (χ2n) is 5.96. The third-order valence-corrected chi connectivity index (χ3v) is 5.20. The fourth-order valence-electron chi connectivity index (χ4n) is 2.93. The molecule has 0 bridgehead atoms. The molecule has 4 rings (SSSR count). The number of carbonyl (C=O) groups is 1.